The summed E-state index contributed by atoms with van der Waals surface area (Å²) >= 11 is 0. The fourth-order valence-electron chi connectivity index (χ4n) is 1.78. The Morgan fingerprint density at radius 1 is 1.10 bits per heavy atom. The molecule has 1 aromatic carbocycles. The highest BCUT2D eigenvalue weighted by atomic mass is 32.2. The van der Waals surface area contributed by atoms with Crippen LogP contribution >= 0.6 is 0 Å². The smallest absolute Gasteiger partial charge is 0.296 e. The lowest BCUT2D eigenvalue weighted by molar-refractivity contribution is 0.0677. The SMILES string of the molecule is Cc1ccc(S(=O)(=O)OCCCCCC(C)(C)O)cc1. The molecule has 0 spiro atoms. The van der Waals surface area contributed by atoms with Crippen LogP contribution in [0.5, 0.6) is 0 Å². The maximum atomic E-state index is 11.9. The van der Waals surface area contributed by atoms with Crippen LogP contribution in [-0.4, -0.2) is 25.7 Å². The zero-order valence-corrected chi connectivity index (χ0v) is 13.2. The highest BCUT2D eigenvalue weighted by Gasteiger charge is 2.15. The molecule has 0 heterocycles. The second-order valence-corrected chi connectivity index (χ2v) is 7.33. The topological polar surface area (TPSA) is 63.6 Å². The molecule has 0 aliphatic carbocycles. The number of hydrogen-bond donors (Lipinski definition) is 1. The second kappa shape index (κ2) is 7.20. The minimum absolute atomic E-state index is 0.183. The largest absolute Gasteiger partial charge is 0.390 e. The highest BCUT2D eigenvalue weighted by molar-refractivity contribution is 7.86. The molecule has 0 atom stereocenters. The fourth-order valence-corrected chi connectivity index (χ4v) is 2.72. The number of aryl methyl sites for hydroxylation is 1. The average molecular weight is 300 g/mol. The van der Waals surface area contributed by atoms with Gasteiger partial charge in [-0.25, -0.2) is 0 Å². The van der Waals surface area contributed by atoms with Crippen molar-refractivity contribution in [1.82, 2.24) is 0 Å². The molecule has 0 fully saturated rings. The molecule has 4 nitrogen and oxygen atoms in total. The van der Waals surface area contributed by atoms with Crippen LogP contribution in [0.25, 0.3) is 0 Å². The van der Waals surface area contributed by atoms with Crippen LogP contribution in [0.4, 0.5) is 0 Å². The first-order valence-electron chi connectivity index (χ1n) is 6.89. The predicted octanol–water partition coefficient (Wildman–Crippen LogP) is 3.03. The summed E-state index contributed by atoms with van der Waals surface area (Å²) in [7, 11) is -3.64. The van der Waals surface area contributed by atoms with E-state index in [9.17, 15) is 13.5 Å². The van der Waals surface area contributed by atoms with Crippen molar-refractivity contribution in [2.45, 2.75) is 57.0 Å². The van der Waals surface area contributed by atoms with Crippen molar-refractivity contribution >= 4 is 10.1 Å². The van der Waals surface area contributed by atoms with Gasteiger partial charge in [-0.1, -0.05) is 30.5 Å². The lowest BCUT2D eigenvalue weighted by Crippen LogP contribution is -2.17. The van der Waals surface area contributed by atoms with Crippen LogP contribution in [0.15, 0.2) is 29.2 Å². The van der Waals surface area contributed by atoms with Crippen LogP contribution in [0, 0.1) is 6.92 Å². The summed E-state index contributed by atoms with van der Waals surface area (Å²) in [6.45, 7) is 5.62. The molecule has 1 N–H and O–H groups in total. The van der Waals surface area contributed by atoms with Gasteiger partial charge in [0.25, 0.3) is 10.1 Å². The van der Waals surface area contributed by atoms with Crippen LogP contribution in [0.2, 0.25) is 0 Å². The Bertz CT molecular complexity index is 498. The van der Waals surface area contributed by atoms with Gasteiger partial charge in [0.15, 0.2) is 0 Å². The molecule has 0 unspecified atom stereocenters. The molecule has 1 aromatic rings. The summed E-state index contributed by atoms with van der Waals surface area (Å²) in [6, 6.07) is 6.61. The summed E-state index contributed by atoms with van der Waals surface area (Å²) in [5, 5.41) is 9.55. The molecular formula is C15H24O4S. The van der Waals surface area contributed by atoms with Gasteiger partial charge >= 0.3 is 0 Å². The van der Waals surface area contributed by atoms with Gasteiger partial charge in [-0.3, -0.25) is 4.18 Å². The van der Waals surface area contributed by atoms with E-state index in [0.29, 0.717) is 12.8 Å². The van der Waals surface area contributed by atoms with E-state index in [1.165, 1.54) is 0 Å². The maximum absolute atomic E-state index is 11.9. The summed E-state index contributed by atoms with van der Waals surface area (Å²) in [6.07, 6.45) is 3.07. The van der Waals surface area contributed by atoms with E-state index >= 15 is 0 Å². The Morgan fingerprint density at radius 2 is 1.70 bits per heavy atom. The van der Waals surface area contributed by atoms with Gasteiger partial charge in [-0.2, -0.15) is 8.42 Å². The number of aliphatic hydroxyl groups is 1. The van der Waals surface area contributed by atoms with E-state index in [2.05, 4.69) is 0 Å². The quantitative estimate of drug-likeness (QED) is 0.592. The zero-order chi connectivity index (χ0) is 15.2. The molecule has 0 amide bonds. The summed E-state index contributed by atoms with van der Waals surface area (Å²) < 4.78 is 28.7. The highest BCUT2D eigenvalue weighted by Crippen LogP contribution is 2.15. The monoisotopic (exact) mass is 300 g/mol. The third kappa shape index (κ3) is 6.50. The number of unbranched alkanes of at least 4 members (excludes halogenated alkanes) is 2. The minimum Gasteiger partial charge on any atom is -0.390 e. The molecule has 5 heteroatoms. The summed E-state index contributed by atoms with van der Waals surface area (Å²) in [5.74, 6) is 0. The van der Waals surface area contributed by atoms with Crippen LogP contribution in [0.1, 0.15) is 45.1 Å². The van der Waals surface area contributed by atoms with Crippen molar-refractivity contribution in [3.63, 3.8) is 0 Å². The molecule has 0 saturated carbocycles. The van der Waals surface area contributed by atoms with Crippen molar-refractivity contribution < 1.29 is 17.7 Å². The van der Waals surface area contributed by atoms with Gasteiger partial charge in [-0.05, 0) is 45.7 Å². The van der Waals surface area contributed by atoms with Gasteiger partial charge in [0.1, 0.15) is 0 Å². The minimum atomic E-state index is -3.64. The molecule has 0 saturated heterocycles. The first-order chi connectivity index (χ1) is 9.21. The molecule has 0 radical (unpaired) electrons. The molecular weight excluding hydrogens is 276 g/mol. The molecule has 0 aliphatic rings. The normalized spacial score (nSPS) is 12.6. The number of benzene rings is 1. The van der Waals surface area contributed by atoms with Gasteiger partial charge < -0.3 is 5.11 Å². The third-order valence-electron chi connectivity index (χ3n) is 2.98. The lowest BCUT2D eigenvalue weighted by atomic mass is 10.0. The van der Waals surface area contributed by atoms with Crippen LogP contribution in [0.3, 0.4) is 0 Å². The van der Waals surface area contributed by atoms with Gasteiger partial charge in [0.05, 0.1) is 17.1 Å². The predicted molar refractivity (Wildman–Crippen MR) is 79.1 cm³/mol. The fraction of sp³-hybridized carbons (Fsp3) is 0.600. The second-order valence-electron chi connectivity index (χ2n) is 5.71. The van der Waals surface area contributed by atoms with E-state index in [4.69, 9.17) is 4.18 Å². The number of rotatable bonds is 8. The van der Waals surface area contributed by atoms with Crippen molar-refractivity contribution in [2.24, 2.45) is 0 Å². The average Bonchev–Trinajstić information content (AvgIpc) is 2.33. The molecule has 1 rings (SSSR count). The van der Waals surface area contributed by atoms with E-state index in [-0.39, 0.29) is 11.5 Å². The van der Waals surface area contributed by atoms with E-state index in [1.54, 1.807) is 38.1 Å². The first-order valence-corrected chi connectivity index (χ1v) is 8.30. The third-order valence-corrected chi connectivity index (χ3v) is 4.31. The van der Waals surface area contributed by atoms with Crippen molar-refractivity contribution in [1.29, 1.82) is 0 Å². The molecule has 0 aliphatic heterocycles. The Morgan fingerprint density at radius 3 is 2.25 bits per heavy atom. The molecule has 20 heavy (non-hydrogen) atoms. The standard InChI is InChI=1S/C15H24O4S/c1-13-7-9-14(10-8-13)20(17,18)19-12-6-4-5-11-15(2,3)16/h7-10,16H,4-6,11-12H2,1-3H3. The molecule has 0 bridgehead atoms. The Balaban J connectivity index is 2.32. The van der Waals surface area contributed by atoms with Gasteiger partial charge in [-0.15, -0.1) is 0 Å². The Kier molecular flexibility index (Phi) is 6.17. The van der Waals surface area contributed by atoms with Crippen molar-refractivity contribution in [2.75, 3.05) is 6.61 Å². The van der Waals surface area contributed by atoms with Crippen LogP contribution in [-0.2, 0) is 14.3 Å². The first kappa shape index (κ1) is 17.1. The number of hydrogen-bond acceptors (Lipinski definition) is 4. The van der Waals surface area contributed by atoms with E-state index in [0.717, 1.165) is 18.4 Å². The van der Waals surface area contributed by atoms with Crippen molar-refractivity contribution in [3.8, 4) is 0 Å². The summed E-state index contributed by atoms with van der Waals surface area (Å²) in [4.78, 5) is 0.194. The van der Waals surface area contributed by atoms with Crippen LogP contribution < -0.4 is 0 Å². The van der Waals surface area contributed by atoms with Crippen molar-refractivity contribution in [3.05, 3.63) is 29.8 Å². The van der Waals surface area contributed by atoms with E-state index in [1.807, 2.05) is 6.92 Å². The molecule has 0 aromatic heterocycles. The van der Waals surface area contributed by atoms with Gasteiger partial charge in [0.2, 0.25) is 0 Å². The Labute approximate surface area is 121 Å². The maximum Gasteiger partial charge on any atom is 0.296 e. The Hall–Kier alpha value is -0.910. The lowest BCUT2D eigenvalue weighted by Gasteiger charge is -2.16. The van der Waals surface area contributed by atoms with E-state index < -0.39 is 15.7 Å². The molecule has 114 valence electrons. The zero-order valence-electron chi connectivity index (χ0n) is 12.4. The summed E-state index contributed by atoms with van der Waals surface area (Å²) in [5.41, 5.74) is 0.352. The van der Waals surface area contributed by atoms with Gasteiger partial charge in [0, 0.05) is 0 Å².